The van der Waals surface area contributed by atoms with E-state index in [0.717, 1.165) is 6.08 Å². The van der Waals surface area contributed by atoms with Gasteiger partial charge in [-0.05, 0) is 21.5 Å². The predicted molar refractivity (Wildman–Crippen MR) is 97.0 cm³/mol. The van der Waals surface area contributed by atoms with Crippen LogP contribution >= 0.6 is 0 Å². The second-order valence-corrected chi connectivity index (χ2v) is 15.2. The van der Waals surface area contributed by atoms with Gasteiger partial charge >= 0.3 is 11.9 Å². The second-order valence-electron chi connectivity index (χ2n) is 9.18. The third-order valence-electron chi connectivity index (χ3n) is 4.36. The Bertz CT molecular complexity index is 449. The first-order chi connectivity index (χ1) is 10.0. The lowest BCUT2D eigenvalue weighted by atomic mass is 10.2. The molecule has 0 bridgehead atoms. The summed E-state index contributed by atoms with van der Waals surface area (Å²) in [5.74, 6) is -1.60. The zero-order valence-electron chi connectivity index (χ0n) is 16.5. The minimum atomic E-state index is -2.68. The highest BCUT2D eigenvalue weighted by molar-refractivity contribution is 6.83. The van der Waals surface area contributed by atoms with Crippen molar-refractivity contribution in [3.05, 3.63) is 11.6 Å². The lowest BCUT2D eigenvalue weighted by molar-refractivity contribution is -0.134. The molecule has 0 aromatic rings. The number of hydrogen-bond donors (Lipinski definition) is 1. The highest BCUT2D eigenvalue weighted by Crippen LogP contribution is 2.62. The van der Waals surface area contributed by atoms with Gasteiger partial charge in [-0.25, -0.2) is 9.59 Å². The van der Waals surface area contributed by atoms with Crippen LogP contribution in [0.5, 0.6) is 0 Å². The summed E-state index contributed by atoms with van der Waals surface area (Å²) in [6.45, 7) is 20.9. The SMILES string of the molecule is CCC(=CC(=O)O)C(=O)O[Si](C(C)(C)C)(C(C)(C)C)C(C)(C)C. The van der Waals surface area contributed by atoms with Crippen LogP contribution in [0.2, 0.25) is 15.1 Å². The minimum absolute atomic E-state index is 0.193. The van der Waals surface area contributed by atoms with Gasteiger partial charge in [-0.3, -0.25) is 0 Å². The average Bonchev–Trinajstić information content (AvgIpc) is 2.27. The smallest absolute Gasteiger partial charge is 0.328 e. The zero-order valence-corrected chi connectivity index (χ0v) is 17.5. The van der Waals surface area contributed by atoms with E-state index in [-0.39, 0.29) is 20.7 Å². The van der Waals surface area contributed by atoms with Gasteiger partial charge in [-0.15, -0.1) is 0 Å². The third-order valence-corrected chi connectivity index (χ3v) is 11.2. The molecule has 1 N–H and O–H groups in total. The molecule has 0 aliphatic carbocycles. The Morgan fingerprint density at radius 2 is 1.26 bits per heavy atom. The molecule has 0 aliphatic heterocycles. The standard InChI is InChI=1S/C18H34O4Si/c1-11-13(12-14(19)20)15(21)22-23(16(2,3)4,17(5,6)7)18(8,9)10/h12H,11H2,1-10H3,(H,19,20). The second kappa shape index (κ2) is 6.79. The van der Waals surface area contributed by atoms with Gasteiger partial charge in [0.1, 0.15) is 0 Å². The van der Waals surface area contributed by atoms with E-state index in [1.807, 2.05) is 0 Å². The van der Waals surface area contributed by atoms with Crippen molar-refractivity contribution in [2.45, 2.75) is 90.8 Å². The molecule has 0 radical (unpaired) electrons. The van der Waals surface area contributed by atoms with Crippen LogP contribution in [0.1, 0.15) is 75.7 Å². The van der Waals surface area contributed by atoms with Crippen LogP contribution in [0.4, 0.5) is 0 Å². The highest BCUT2D eigenvalue weighted by Gasteiger charge is 2.64. The van der Waals surface area contributed by atoms with Crippen LogP contribution < -0.4 is 0 Å². The summed E-state index contributed by atoms with van der Waals surface area (Å²) >= 11 is 0. The summed E-state index contributed by atoms with van der Waals surface area (Å²) in [6.07, 6.45) is 1.31. The number of hydrogen-bond acceptors (Lipinski definition) is 3. The molecule has 0 unspecified atom stereocenters. The van der Waals surface area contributed by atoms with Gasteiger partial charge in [-0.2, -0.15) is 0 Å². The topological polar surface area (TPSA) is 63.6 Å². The monoisotopic (exact) mass is 342 g/mol. The number of carboxylic acids is 1. The van der Waals surface area contributed by atoms with Crippen molar-refractivity contribution in [1.29, 1.82) is 0 Å². The number of carbonyl (C=O) groups is 2. The first-order valence-electron chi connectivity index (χ1n) is 8.18. The van der Waals surface area contributed by atoms with Gasteiger partial charge in [-0.1, -0.05) is 69.2 Å². The van der Waals surface area contributed by atoms with Gasteiger partial charge in [0.15, 0.2) is 0 Å². The maximum absolute atomic E-state index is 12.7. The largest absolute Gasteiger partial charge is 0.514 e. The fourth-order valence-corrected chi connectivity index (χ4v) is 12.6. The lowest BCUT2D eigenvalue weighted by Crippen LogP contribution is -2.61. The van der Waals surface area contributed by atoms with Gasteiger partial charge in [0.05, 0.1) is 0 Å². The minimum Gasteiger partial charge on any atom is -0.514 e. The van der Waals surface area contributed by atoms with Crippen LogP contribution in [0.25, 0.3) is 0 Å². The molecule has 0 amide bonds. The Morgan fingerprint density at radius 3 is 1.48 bits per heavy atom. The lowest BCUT2D eigenvalue weighted by Gasteiger charge is -2.56. The molecule has 0 spiro atoms. The van der Waals surface area contributed by atoms with Crippen LogP contribution in [0.15, 0.2) is 11.6 Å². The van der Waals surface area contributed by atoms with Crippen LogP contribution in [0, 0.1) is 0 Å². The number of aliphatic carboxylic acids is 1. The molecule has 0 rings (SSSR count). The average molecular weight is 343 g/mol. The first-order valence-corrected chi connectivity index (χ1v) is 10.1. The van der Waals surface area contributed by atoms with Gasteiger partial charge in [0.25, 0.3) is 8.32 Å². The quantitative estimate of drug-likeness (QED) is 0.556. The molecule has 0 aliphatic rings. The van der Waals surface area contributed by atoms with Crippen molar-refractivity contribution in [2.75, 3.05) is 0 Å². The number of carboxylic acid groups (broad SMARTS) is 1. The zero-order chi connectivity index (χ0) is 18.9. The van der Waals surface area contributed by atoms with E-state index in [1.165, 1.54) is 0 Å². The first kappa shape index (κ1) is 21.9. The van der Waals surface area contributed by atoms with E-state index in [1.54, 1.807) is 6.92 Å². The molecule has 0 saturated heterocycles. The van der Waals surface area contributed by atoms with E-state index >= 15 is 0 Å². The van der Waals surface area contributed by atoms with Crippen LogP contribution in [-0.2, 0) is 14.0 Å². The molecule has 0 saturated carbocycles. The van der Waals surface area contributed by atoms with Crippen molar-refractivity contribution in [1.82, 2.24) is 0 Å². The summed E-state index contributed by atoms with van der Waals surface area (Å²) in [4.78, 5) is 23.7. The highest BCUT2D eigenvalue weighted by atomic mass is 28.4. The van der Waals surface area contributed by atoms with E-state index in [2.05, 4.69) is 62.3 Å². The Balaban J connectivity index is 6.23. The summed E-state index contributed by atoms with van der Waals surface area (Å²) in [7, 11) is -2.68. The molecular formula is C18H34O4Si. The maximum atomic E-state index is 12.7. The van der Waals surface area contributed by atoms with Gasteiger partial charge < -0.3 is 9.53 Å². The summed E-state index contributed by atoms with van der Waals surface area (Å²) in [6, 6.07) is 0. The van der Waals surface area contributed by atoms with Gasteiger partial charge in [0.2, 0.25) is 0 Å². The Morgan fingerprint density at radius 1 is 0.913 bits per heavy atom. The molecule has 0 heterocycles. The van der Waals surface area contributed by atoms with Crippen LogP contribution in [-0.4, -0.2) is 25.4 Å². The molecule has 4 nitrogen and oxygen atoms in total. The Kier molecular flexibility index (Phi) is 6.47. The van der Waals surface area contributed by atoms with Crippen molar-refractivity contribution in [2.24, 2.45) is 0 Å². The van der Waals surface area contributed by atoms with E-state index in [0.29, 0.717) is 6.42 Å². The molecule has 23 heavy (non-hydrogen) atoms. The normalized spacial score (nSPS) is 14.6. The number of rotatable bonds is 4. The van der Waals surface area contributed by atoms with E-state index < -0.39 is 20.3 Å². The molecular weight excluding hydrogens is 308 g/mol. The van der Waals surface area contributed by atoms with Crippen molar-refractivity contribution < 1.29 is 19.1 Å². The summed E-state index contributed by atoms with van der Waals surface area (Å²) in [5, 5.41) is 8.39. The van der Waals surface area contributed by atoms with Crippen molar-refractivity contribution >= 4 is 20.3 Å². The number of carbonyl (C=O) groups excluding carboxylic acids is 1. The molecule has 0 atom stereocenters. The maximum Gasteiger partial charge on any atom is 0.328 e. The fourth-order valence-electron chi connectivity index (χ4n) is 4.49. The summed E-state index contributed by atoms with van der Waals surface area (Å²) < 4.78 is 6.25. The van der Waals surface area contributed by atoms with Crippen LogP contribution in [0.3, 0.4) is 0 Å². The van der Waals surface area contributed by atoms with E-state index in [9.17, 15) is 9.59 Å². The third kappa shape index (κ3) is 4.46. The molecule has 0 aromatic carbocycles. The molecule has 0 fully saturated rings. The van der Waals surface area contributed by atoms with Crippen molar-refractivity contribution in [3.63, 3.8) is 0 Å². The Labute approximate surface area is 142 Å². The fraction of sp³-hybridized carbons (Fsp3) is 0.778. The molecule has 0 aromatic heterocycles. The predicted octanol–water partition coefficient (Wildman–Crippen LogP) is 5.30. The molecule has 134 valence electrons. The Hall–Kier alpha value is -1.10. The van der Waals surface area contributed by atoms with E-state index in [4.69, 9.17) is 9.53 Å². The van der Waals surface area contributed by atoms with Crippen molar-refractivity contribution in [3.8, 4) is 0 Å². The molecule has 5 heteroatoms. The van der Waals surface area contributed by atoms with Gasteiger partial charge in [0, 0.05) is 11.6 Å². The summed E-state index contributed by atoms with van der Waals surface area (Å²) in [5.41, 5.74) is 0.215.